The smallest absolute Gasteiger partial charge is 0.125 e. The van der Waals surface area contributed by atoms with Crippen LogP contribution in [0.25, 0.3) is 5.76 Å². The predicted octanol–water partition coefficient (Wildman–Crippen LogP) is 4.08. The third kappa shape index (κ3) is 3.01. The summed E-state index contributed by atoms with van der Waals surface area (Å²) in [5, 5.41) is 0. The SMILES string of the molecule is CCOC(=C(C)C)c1cccc(I)c1. The molecule has 0 aliphatic carbocycles. The van der Waals surface area contributed by atoms with Gasteiger partial charge in [0.25, 0.3) is 0 Å². The van der Waals surface area contributed by atoms with E-state index in [0.29, 0.717) is 6.61 Å². The van der Waals surface area contributed by atoms with Crippen LogP contribution in [0.1, 0.15) is 26.3 Å². The second-order valence-electron chi connectivity index (χ2n) is 3.27. The molecule has 0 atom stereocenters. The van der Waals surface area contributed by atoms with Gasteiger partial charge in [0, 0.05) is 9.13 Å². The molecule has 0 fully saturated rings. The Morgan fingerprint density at radius 2 is 2.07 bits per heavy atom. The minimum atomic E-state index is 0.714. The summed E-state index contributed by atoms with van der Waals surface area (Å²) in [4.78, 5) is 0. The van der Waals surface area contributed by atoms with Crippen molar-refractivity contribution in [1.82, 2.24) is 0 Å². The maximum atomic E-state index is 5.62. The molecule has 14 heavy (non-hydrogen) atoms. The molecule has 1 nitrogen and oxygen atoms in total. The summed E-state index contributed by atoms with van der Waals surface area (Å²) in [6, 6.07) is 8.36. The minimum absolute atomic E-state index is 0.714. The molecule has 2 heteroatoms. The lowest BCUT2D eigenvalue weighted by atomic mass is 10.1. The first-order valence-electron chi connectivity index (χ1n) is 4.71. The van der Waals surface area contributed by atoms with E-state index in [9.17, 15) is 0 Å². The fourth-order valence-electron chi connectivity index (χ4n) is 1.29. The number of halogens is 1. The molecular formula is C12H15IO. The van der Waals surface area contributed by atoms with E-state index in [1.807, 2.05) is 6.92 Å². The van der Waals surface area contributed by atoms with E-state index >= 15 is 0 Å². The normalized spacial score (nSPS) is 9.71. The van der Waals surface area contributed by atoms with Crippen molar-refractivity contribution in [1.29, 1.82) is 0 Å². The van der Waals surface area contributed by atoms with Gasteiger partial charge in [-0.1, -0.05) is 12.1 Å². The molecule has 0 saturated heterocycles. The van der Waals surface area contributed by atoms with Crippen LogP contribution in [0, 0.1) is 3.57 Å². The van der Waals surface area contributed by atoms with E-state index in [1.165, 1.54) is 14.7 Å². The molecule has 0 radical (unpaired) electrons. The first-order valence-corrected chi connectivity index (χ1v) is 5.79. The van der Waals surface area contributed by atoms with Crippen LogP contribution in [0.5, 0.6) is 0 Å². The van der Waals surface area contributed by atoms with Crippen LogP contribution in [0.2, 0.25) is 0 Å². The summed E-state index contributed by atoms with van der Waals surface area (Å²) in [6.07, 6.45) is 0. The highest BCUT2D eigenvalue weighted by molar-refractivity contribution is 14.1. The van der Waals surface area contributed by atoms with Crippen molar-refractivity contribution in [2.45, 2.75) is 20.8 Å². The molecule has 0 aromatic heterocycles. The Bertz CT molecular complexity index is 338. The third-order valence-corrected chi connectivity index (χ3v) is 2.50. The van der Waals surface area contributed by atoms with Crippen LogP contribution < -0.4 is 0 Å². The van der Waals surface area contributed by atoms with E-state index in [0.717, 1.165) is 5.76 Å². The highest BCUT2D eigenvalue weighted by Crippen LogP contribution is 2.21. The zero-order valence-electron chi connectivity index (χ0n) is 8.80. The van der Waals surface area contributed by atoms with Gasteiger partial charge in [0.2, 0.25) is 0 Å². The van der Waals surface area contributed by atoms with Crippen molar-refractivity contribution in [3.8, 4) is 0 Å². The largest absolute Gasteiger partial charge is 0.493 e. The Kier molecular flexibility index (Phi) is 4.45. The second kappa shape index (κ2) is 5.39. The van der Waals surface area contributed by atoms with Crippen LogP contribution in [0.4, 0.5) is 0 Å². The molecule has 1 rings (SSSR count). The minimum Gasteiger partial charge on any atom is -0.493 e. The number of allylic oxidation sites excluding steroid dienone is 1. The molecule has 0 bridgehead atoms. The van der Waals surface area contributed by atoms with Gasteiger partial charge >= 0.3 is 0 Å². The summed E-state index contributed by atoms with van der Waals surface area (Å²) >= 11 is 2.31. The summed E-state index contributed by atoms with van der Waals surface area (Å²) in [7, 11) is 0. The van der Waals surface area contributed by atoms with Gasteiger partial charge in [-0.15, -0.1) is 0 Å². The maximum Gasteiger partial charge on any atom is 0.125 e. The van der Waals surface area contributed by atoms with Crippen LogP contribution in [0.3, 0.4) is 0 Å². The Morgan fingerprint density at radius 1 is 1.36 bits per heavy atom. The summed E-state index contributed by atoms with van der Waals surface area (Å²) < 4.78 is 6.86. The molecule has 0 heterocycles. The molecule has 0 spiro atoms. The van der Waals surface area contributed by atoms with Crippen LogP contribution in [-0.4, -0.2) is 6.61 Å². The summed E-state index contributed by atoms with van der Waals surface area (Å²) in [5.41, 5.74) is 2.38. The van der Waals surface area contributed by atoms with Crippen molar-refractivity contribution in [2.24, 2.45) is 0 Å². The Labute approximate surface area is 99.3 Å². The van der Waals surface area contributed by atoms with Gasteiger partial charge in [-0.2, -0.15) is 0 Å². The van der Waals surface area contributed by atoms with E-state index in [1.54, 1.807) is 0 Å². The lowest BCUT2D eigenvalue weighted by Gasteiger charge is -2.11. The zero-order valence-corrected chi connectivity index (χ0v) is 11.0. The Balaban J connectivity index is 3.06. The second-order valence-corrected chi connectivity index (χ2v) is 4.52. The first-order chi connectivity index (χ1) is 6.65. The predicted molar refractivity (Wildman–Crippen MR) is 69.1 cm³/mol. The Morgan fingerprint density at radius 3 is 2.57 bits per heavy atom. The number of ether oxygens (including phenoxy) is 1. The average molecular weight is 302 g/mol. The highest BCUT2D eigenvalue weighted by Gasteiger charge is 2.04. The van der Waals surface area contributed by atoms with Crippen molar-refractivity contribution >= 4 is 28.4 Å². The molecule has 0 unspecified atom stereocenters. The van der Waals surface area contributed by atoms with Crippen LogP contribution >= 0.6 is 22.6 Å². The summed E-state index contributed by atoms with van der Waals surface area (Å²) in [6.45, 7) is 6.87. The Hall–Kier alpha value is -0.510. The number of hydrogen-bond acceptors (Lipinski definition) is 1. The molecule has 0 aliphatic heterocycles. The van der Waals surface area contributed by atoms with E-state index in [4.69, 9.17) is 4.74 Å². The number of rotatable bonds is 3. The zero-order chi connectivity index (χ0) is 10.6. The van der Waals surface area contributed by atoms with E-state index in [2.05, 4.69) is 60.7 Å². The average Bonchev–Trinajstić information content (AvgIpc) is 2.13. The molecule has 0 amide bonds. The maximum absolute atomic E-state index is 5.62. The monoisotopic (exact) mass is 302 g/mol. The molecule has 1 aromatic rings. The van der Waals surface area contributed by atoms with Gasteiger partial charge in [-0.3, -0.25) is 0 Å². The van der Waals surface area contributed by atoms with Gasteiger partial charge in [-0.05, 0) is 61.1 Å². The molecule has 0 saturated carbocycles. The molecular weight excluding hydrogens is 287 g/mol. The quantitative estimate of drug-likeness (QED) is 0.604. The van der Waals surface area contributed by atoms with Gasteiger partial charge < -0.3 is 4.74 Å². The van der Waals surface area contributed by atoms with Crippen LogP contribution in [0.15, 0.2) is 29.8 Å². The molecule has 0 aliphatic rings. The van der Waals surface area contributed by atoms with Gasteiger partial charge in [0.05, 0.1) is 6.61 Å². The number of hydrogen-bond donors (Lipinski definition) is 0. The first kappa shape index (κ1) is 11.6. The van der Waals surface area contributed by atoms with Crippen LogP contribution in [-0.2, 0) is 4.74 Å². The van der Waals surface area contributed by atoms with Gasteiger partial charge in [-0.25, -0.2) is 0 Å². The number of benzene rings is 1. The third-order valence-electron chi connectivity index (χ3n) is 1.83. The van der Waals surface area contributed by atoms with Gasteiger partial charge in [0.15, 0.2) is 0 Å². The standard InChI is InChI=1S/C12H15IO/c1-4-14-12(9(2)3)10-6-5-7-11(13)8-10/h5-8H,4H2,1-3H3. The molecule has 0 N–H and O–H groups in total. The van der Waals surface area contributed by atoms with E-state index in [-0.39, 0.29) is 0 Å². The van der Waals surface area contributed by atoms with Crippen molar-refractivity contribution in [2.75, 3.05) is 6.61 Å². The fraction of sp³-hybridized carbons (Fsp3) is 0.333. The van der Waals surface area contributed by atoms with Crippen molar-refractivity contribution in [3.63, 3.8) is 0 Å². The lowest BCUT2D eigenvalue weighted by molar-refractivity contribution is 0.295. The van der Waals surface area contributed by atoms with E-state index < -0.39 is 0 Å². The van der Waals surface area contributed by atoms with Crippen molar-refractivity contribution in [3.05, 3.63) is 39.0 Å². The topological polar surface area (TPSA) is 9.23 Å². The van der Waals surface area contributed by atoms with Gasteiger partial charge in [0.1, 0.15) is 5.76 Å². The molecule has 76 valence electrons. The fourth-order valence-corrected chi connectivity index (χ4v) is 1.83. The summed E-state index contributed by atoms with van der Waals surface area (Å²) in [5.74, 6) is 1.01. The molecule has 1 aromatic carbocycles. The lowest BCUT2D eigenvalue weighted by Crippen LogP contribution is -1.94. The highest BCUT2D eigenvalue weighted by atomic mass is 127. The van der Waals surface area contributed by atoms with Crippen molar-refractivity contribution < 1.29 is 4.74 Å².